The molecular weight excluding hydrogens is 318 g/mol. The lowest BCUT2D eigenvalue weighted by Crippen LogP contribution is -2.20. The molecule has 132 valence electrons. The van der Waals surface area contributed by atoms with Crippen LogP contribution in [0.1, 0.15) is 23.9 Å². The molecule has 0 aliphatic carbocycles. The highest BCUT2D eigenvalue weighted by Gasteiger charge is 2.24. The van der Waals surface area contributed by atoms with Gasteiger partial charge in [-0.25, -0.2) is 0 Å². The Hall–Kier alpha value is -2.67. The first kappa shape index (κ1) is 17.2. The summed E-state index contributed by atoms with van der Waals surface area (Å²) in [5.74, 6) is 2.26. The predicted molar refractivity (Wildman–Crippen MR) is 96.3 cm³/mol. The molecule has 2 aromatic carbocycles. The van der Waals surface area contributed by atoms with Crippen molar-refractivity contribution in [3.8, 4) is 11.5 Å². The minimum Gasteiger partial charge on any atom is -0.496 e. The maximum absolute atomic E-state index is 5.78. The SMILES string of the molecule is CNCCC(c1cc(OC)c2ccccc2c1OC)n1nnc(C)n1. The second-order valence-corrected chi connectivity index (χ2v) is 5.81. The number of ether oxygens (including phenoxy) is 2. The molecule has 0 spiro atoms. The van der Waals surface area contributed by atoms with Crippen LogP contribution in [0, 0.1) is 6.92 Å². The average molecular weight is 341 g/mol. The van der Waals surface area contributed by atoms with Crippen LogP contribution in [-0.4, -0.2) is 48.0 Å². The molecule has 0 aliphatic rings. The zero-order chi connectivity index (χ0) is 17.8. The third-order valence-corrected chi connectivity index (χ3v) is 4.24. The number of fused-ring (bicyclic) bond motifs is 1. The van der Waals surface area contributed by atoms with Gasteiger partial charge in [0.05, 0.1) is 14.2 Å². The van der Waals surface area contributed by atoms with Crippen molar-refractivity contribution in [3.05, 3.63) is 41.7 Å². The maximum Gasteiger partial charge on any atom is 0.171 e. The third kappa shape index (κ3) is 3.28. The van der Waals surface area contributed by atoms with Gasteiger partial charge in [0.2, 0.25) is 0 Å². The van der Waals surface area contributed by atoms with E-state index >= 15 is 0 Å². The smallest absolute Gasteiger partial charge is 0.171 e. The first-order chi connectivity index (χ1) is 12.2. The van der Waals surface area contributed by atoms with Crippen molar-refractivity contribution in [2.45, 2.75) is 19.4 Å². The van der Waals surface area contributed by atoms with Gasteiger partial charge in [-0.1, -0.05) is 24.3 Å². The summed E-state index contributed by atoms with van der Waals surface area (Å²) < 4.78 is 11.4. The molecule has 7 heteroatoms. The van der Waals surface area contributed by atoms with Crippen LogP contribution in [0.4, 0.5) is 0 Å². The average Bonchev–Trinajstić information content (AvgIpc) is 3.07. The number of aromatic nitrogens is 4. The topological polar surface area (TPSA) is 74.1 Å². The van der Waals surface area contributed by atoms with Crippen LogP contribution in [0.2, 0.25) is 0 Å². The van der Waals surface area contributed by atoms with E-state index in [2.05, 4.69) is 20.7 Å². The van der Waals surface area contributed by atoms with E-state index in [0.29, 0.717) is 5.82 Å². The van der Waals surface area contributed by atoms with E-state index in [1.165, 1.54) is 0 Å². The van der Waals surface area contributed by atoms with Crippen LogP contribution in [0.5, 0.6) is 11.5 Å². The van der Waals surface area contributed by atoms with E-state index in [1.54, 1.807) is 19.0 Å². The molecule has 1 N–H and O–H groups in total. The summed E-state index contributed by atoms with van der Waals surface area (Å²) in [6.07, 6.45) is 0.796. The molecule has 0 aliphatic heterocycles. The second kappa shape index (κ2) is 7.48. The maximum atomic E-state index is 5.78. The fourth-order valence-corrected chi connectivity index (χ4v) is 3.09. The molecule has 1 heterocycles. The van der Waals surface area contributed by atoms with Crippen LogP contribution in [0.3, 0.4) is 0 Å². The van der Waals surface area contributed by atoms with Gasteiger partial charge in [-0.15, -0.1) is 10.2 Å². The normalized spacial score (nSPS) is 12.3. The van der Waals surface area contributed by atoms with E-state index in [0.717, 1.165) is 40.8 Å². The number of methoxy groups -OCH3 is 2. The van der Waals surface area contributed by atoms with Crippen LogP contribution < -0.4 is 14.8 Å². The molecule has 0 radical (unpaired) electrons. The number of benzene rings is 2. The number of tetrazole rings is 1. The van der Waals surface area contributed by atoms with Gasteiger partial charge in [0.25, 0.3) is 0 Å². The Morgan fingerprint density at radius 3 is 2.52 bits per heavy atom. The standard InChI is InChI=1S/C18H23N5O2/c1-12-20-22-23(21-12)16(9-10-19-2)15-11-17(24-3)13-7-5-6-8-14(13)18(15)25-4/h5-8,11,16,19H,9-10H2,1-4H3. The molecule has 7 nitrogen and oxygen atoms in total. The van der Waals surface area contributed by atoms with E-state index in [9.17, 15) is 0 Å². The van der Waals surface area contributed by atoms with Gasteiger partial charge in [0, 0.05) is 16.3 Å². The molecule has 0 bridgehead atoms. The lowest BCUT2D eigenvalue weighted by molar-refractivity contribution is 0.374. The largest absolute Gasteiger partial charge is 0.496 e. The molecule has 1 aromatic heterocycles. The van der Waals surface area contributed by atoms with Crippen molar-refractivity contribution in [3.63, 3.8) is 0 Å². The van der Waals surface area contributed by atoms with Gasteiger partial charge in [-0.2, -0.15) is 4.80 Å². The van der Waals surface area contributed by atoms with Crippen LogP contribution in [0.25, 0.3) is 10.8 Å². The first-order valence-electron chi connectivity index (χ1n) is 8.24. The molecule has 3 rings (SSSR count). The summed E-state index contributed by atoms with van der Waals surface area (Å²) in [5.41, 5.74) is 0.978. The Morgan fingerprint density at radius 2 is 1.92 bits per heavy atom. The first-order valence-corrected chi connectivity index (χ1v) is 8.24. The van der Waals surface area contributed by atoms with Crippen LogP contribution >= 0.6 is 0 Å². The van der Waals surface area contributed by atoms with E-state index < -0.39 is 0 Å². The minimum atomic E-state index is -0.109. The lowest BCUT2D eigenvalue weighted by atomic mass is 9.97. The van der Waals surface area contributed by atoms with Crippen molar-refractivity contribution in [1.29, 1.82) is 0 Å². The molecule has 0 fully saturated rings. The van der Waals surface area contributed by atoms with Gasteiger partial charge in [-0.3, -0.25) is 0 Å². The lowest BCUT2D eigenvalue weighted by Gasteiger charge is -2.21. The summed E-state index contributed by atoms with van der Waals surface area (Å²) >= 11 is 0. The third-order valence-electron chi connectivity index (χ3n) is 4.24. The van der Waals surface area contributed by atoms with Gasteiger partial charge in [-0.05, 0) is 38.2 Å². The van der Waals surface area contributed by atoms with Crippen LogP contribution in [-0.2, 0) is 0 Å². The number of hydrogen-bond donors (Lipinski definition) is 1. The van der Waals surface area contributed by atoms with Crippen molar-refractivity contribution < 1.29 is 9.47 Å². The summed E-state index contributed by atoms with van der Waals surface area (Å²) in [7, 11) is 5.29. The molecule has 0 saturated carbocycles. The van der Waals surface area contributed by atoms with Gasteiger partial charge >= 0.3 is 0 Å². The van der Waals surface area contributed by atoms with E-state index in [1.807, 2.05) is 44.3 Å². The molecule has 1 atom stereocenters. The Kier molecular flexibility index (Phi) is 5.14. The highest BCUT2D eigenvalue weighted by molar-refractivity contribution is 5.94. The summed E-state index contributed by atoms with van der Waals surface area (Å²) in [6.45, 7) is 2.64. The Morgan fingerprint density at radius 1 is 1.16 bits per heavy atom. The molecular formula is C18H23N5O2. The zero-order valence-corrected chi connectivity index (χ0v) is 15.0. The van der Waals surface area contributed by atoms with E-state index in [-0.39, 0.29) is 6.04 Å². The molecule has 1 unspecified atom stereocenters. The summed E-state index contributed by atoms with van der Waals surface area (Å²) in [6, 6.07) is 9.96. The Balaban J connectivity index is 2.22. The highest BCUT2D eigenvalue weighted by atomic mass is 16.5. The minimum absolute atomic E-state index is 0.109. The van der Waals surface area contributed by atoms with Crippen molar-refractivity contribution in [2.75, 3.05) is 27.8 Å². The summed E-state index contributed by atoms with van der Waals surface area (Å²) in [4.78, 5) is 1.65. The zero-order valence-electron chi connectivity index (χ0n) is 15.0. The molecule has 0 saturated heterocycles. The highest BCUT2D eigenvalue weighted by Crippen LogP contribution is 2.40. The van der Waals surface area contributed by atoms with Crippen molar-refractivity contribution >= 4 is 10.8 Å². The fourth-order valence-electron chi connectivity index (χ4n) is 3.09. The molecule has 25 heavy (non-hydrogen) atoms. The number of nitrogens with zero attached hydrogens (tertiary/aromatic N) is 4. The fraction of sp³-hybridized carbons (Fsp3) is 0.389. The monoisotopic (exact) mass is 341 g/mol. The van der Waals surface area contributed by atoms with Crippen LogP contribution in [0.15, 0.2) is 30.3 Å². The van der Waals surface area contributed by atoms with Crippen molar-refractivity contribution in [2.24, 2.45) is 0 Å². The Labute approximate surface area is 146 Å². The Bertz CT molecular complexity index is 862. The number of rotatable bonds is 7. The quantitative estimate of drug-likeness (QED) is 0.711. The molecule has 3 aromatic rings. The number of aryl methyl sites for hydroxylation is 1. The number of nitrogens with one attached hydrogen (secondary N) is 1. The predicted octanol–water partition coefficient (Wildman–Crippen LogP) is 2.35. The summed E-state index contributed by atoms with van der Waals surface area (Å²) in [5, 5.41) is 17.9. The van der Waals surface area contributed by atoms with Crippen molar-refractivity contribution in [1.82, 2.24) is 25.5 Å². The van der Waals surface area contributed by atoms with E-state index in [4.69, 9.17) is 9.47 Å². The second-order valence-electron chi connectivity index (χ2n) is 5.81. The molecule has 0 amide bonds. The van der Waals surface area contributed by atoms with Gasteiger partial charge in [0.1, 0.15) is 17.5 Å². The number of hydrogen-bond acceptors (Lipinski definition) is 6. The van der Waals surface area contributed by atoms with Gasteiger partial charge in [0.15, 0.2) is 5.82 Å². The van der Waals surface area contributed by atoms with Gasteiger partial charge < -0.3 is 14.8 Å².